The summed E-state index contributed by atoms with van der Waals surface area (Å²) in [5.41, 5.74) is 9.71. The number of aromatic amines is 1. The molecule has 3 aromatic rings. The van der Waals surface area contributed by atoms with Gasteiger partial charge in [-0.15, -0.1) is 0 Å². The van der Waals surface area contributed by atoms with Crippen LogP contribution < -0.4 is 11.1 Å². The van der Waals surface area contributed by atoms with E-state index in [1.54, 1.807) is 0 Å². The second kappa shape index (κ2) is 4.17. The molecule has 0 spiro atoms. The lowest BCUT2D eigenvalue weighted by atomic mass is 9.97. The molecule has 0 amide bonds. The van der Waals surface area contributed by atoms with Crippen molar-refractivity contribution in [2.24, 2.45) is 5.73 Å². The van der Waals surface area contributed by atoms with Gasteiger partial charge in [0.05, 0.1) is 18.9 Å². The summed E-state index contributed by atoms with van der Waals surface area (Å²) in [5.74, 6) is 0.506. The maximum Gasteiger partial charge on any atom is 0.0975 e. The number of hydrogen-bond donors (Lipinski definition) is 3. The summed E-state index contributed by atoms with van der Waals surface area (Å²) < 4.78 is 8.94. The van der Waals surface area contributed by atoms with E-state index < -0.39 is 6.02 Å². The Bertz CT molecular complexity index is 851. The summed E-state index contributed by atoms with van der Waals surface area (Å²) in [5, 5.41) is 4.19. The fourth-order valence-electron chi connectivity index (χ4n) is 2.73. The van der Waals surface area contributed by atoms with E-state index in [2.05, 4.69) is 10.3 Å². The largest absolute Gasteiger partial charge is 0.385 e. The Kier molecular flexibility index (Phi) is 2.11. The number of nitrogens with one attached hydrogen (secondary N) is 2. The van der Waals surface area contributed by atoms with E-state index in [-0.39, 0.29) is 0 Å². The lowest BCUT2D eigenvalue weighted by Crippen LogP contribution is -2.29. The molecule has 0 saturated carbocycles. The molecule has 1 unspecified atom stereocenters. The Morgan fingerprint density at radius 2 is 1.75 bits per heavy atom. The summed E-state index contributed by atoms with van der Waals surface area (Å²) in [6, 6.07) is 16.6. The van der Waals surface area contributed by atoms with Crippen molar-refractivity contribution in [3.05, 3.63) is 77.2 Å². The first-order valence-electron chi connectivity index (χ1n) is 7.10. The van der Waals surface area contributed by atoms with Gasteiger partial charge in [0.15, 0.2) is 0 Å². The van der Waals surface area contributed by atoms with Gasteiger partial charge in [-0.1, -0.05) is 48.5 Å². The topological polar surface area (TPSA) is 53.8 Å². The van der Waals surface area contributed by atoms with Crippen LogP contribution in [0.1, 0.15) is 24.2 Å². The number of hydrogen-bond acceptors (Lipinski definition) is 2. The van der Waals surface area contributed by atoms with Crippen LogP contribution in [0.3, 0.4) is 0 Å². The normalized spacial score (nSPS) is 21.8. The molecule has 0 fully saturated rings. The van der Waals surface area contributed by atoms with Crippen LogP contribution in [0.4, 0.5) is 0 Å². The second-order valence-electron chi connectivity index (χ2n) is 4.92. The molecule has 98 valence electrons. The minimum atomic E-state index is -1.10. The van der Waals surface area contributed by atoms with Crippen LogP contribution >= 0.6 is 0 Å². The number of para-hydroxylation sites is 1. The van der Waals surface area contributed by atoms with E-state index in [0.717, 1.165) is 27.7 Å². The lowest BCUT2D eigenvalue weighted by Gasteiger charge is -2.24. The molecule has 20 heavy (non-hydrogen) atoms. The van der Waals surface area contributed by atoms with Crippen molar-refractivity contribution < 1.29 is 1.37 Å². The number of H-pyrrole nitrogens is 1. The third-order valence-corrected chi connectivity index (χ3v) is 3.63. The van der Waals surface area contributed by atoms with Crippen molar-refractivity contribution in [3.63, 3.8) is 0 Å². The van der Waals surface area contributed by atoms with Crippen LogP contribution in [0, 0.1) is 0 Å². The number of fused-ring (bicyclic) bond motifs is 3. The summed E-state index contributed by atoms with van der Waals surface area (Å²) in [7, 11) is 0. The standard InChI is InChI=1S/C17H15N3/c18-15-10-13-12-8-4-5-9-14(12)19-17(13)16(20-15)11-6-2-1-3-7-11/h1-10,16,19-20H,18H2/i16D. The molecule has 0 aliphatic carbocycles. The monoisotopic (exact) mass is 262 g/mol. The van der Waals surface area contributed by atoms with Crippen molar-refractivity contribution in [2.75, 3.05) is 0 Å². The minimum absolute atomic E-state index is 0.506. The SMILES string of the molecule is [2H]C1(c2ccccc2)NC(N)=Cc2c1[nH]c1ccccc21. The highest BCUT2D eigenvalue weighted by Crippen LogP contribution is 2.34. The van der Waals surface area contributed by atoms with Gasteiger partial charge in [-0.05, 0) is 17.7 Å². The second-order valence-corrected chi connectivity index (χ2v) is 4.92. The molecule has 1 aliphatic rings. The van der Waals surface area contributed by atoms with Crippen LogP contribution in [0.5, 0.6) is 0 Å². The van der Waals surface area contributed by atoms with Gasteiger partial charge in [0.25, 0.3) is 0 Å². The van der Waals surface area contributed by atoms with Crippen molar-refractivity contribution in [1.82, 2.24) is 10.3 Å². The van der Waals surface area contributed by atoms with Crippen molar-refractivity contribution in [3.8, 4) is 0 Å². The fraction of sp³-hybridized carbons (Fsp3) is 0.0588. The molecule has 0 saturated heterocycles. The third kappa shape index (κ3) is 1.60. The van der Waals surface area contributed by atoms with Gasteiger partial charge in [0, 0.05) is 16.5 Å². The summed E-state index contributed by atoms with van der Waals surface area (Å²) in [6.07, 6.45) is 1.89. The van der Waals surface area contributed by atoms with E-state index in [4.69, 9.17) is 7.10 Å². The molecule has 3 heteroatoms. The zero-order valence-electron chi connectivity index (χ0n) is 11.9. The summed E-state index contributed by atoms with van der Waals surface area (Å²) >= 11 is 0. The number of aromatic nitrogens is 1. The van der Waals surface area contributed by atoms with E-state index in [1.807, 2.05) is 60.7 Å². The van der Waals surface area contributed by atoms with Crippen LogP contribution in [-0.4, -0.2) is 4.98 Å². The fourth-order valence-corrected chi connectivity index (χ4v) is 2.73. The number of rotatable bonds is 1. The van der Waals surface area contributed by atoms with Gasteiger partial charge in [-0.25, -0.2) is 0 Å². The number of benzene rings is 2. The average molecular weight is 262 g/mol. The Morgan fingerprint density at radius 1 is 1.00 bits per heavy atom. The third-order valence-electron chi connectivity index (χ3n) is 3.63. The first kappa shape index (κ1) is 10.1. The van der Waals surface area contributed by atoms with E-state index >= 15 is 0 Å². The Hall–Kier alpha value is -2.68. The summed E-state index contributed by atoms with van der Waals surface area (Å²) in [4.78, 5) is 3.38. The zero-order valence-corrected chi connectivity index (χ0v) is 10.9. The van der Waals surface area contributed by atoms with Crippen molar-refractivity contribution in [2.45, 2.75) is 6.02 Å². The molecule has 1 aliphatic heterocycles. The van der Waals surface area contributed by atoms with E-state index in [1.165, 1.54) is 0 Å². The van der Waals surface area contributed by atoms with Gasteiger partial charge in [0.1, 0.15) is 0 Å². The Morgan fingerprint density at radius 3 is 2.60 bits per heavy atom. The minimum Gasteiger partial charge on any atom is -0.385 e. The molecule has 4 N–H and O–H groups in total. The molecule has 2 aromatic carbocycles. The Labute approximate surface area is 118 Å². The molecule has 1 atom stereocenters. The highest BCUT2D eigenvalue weighted by atomic mass is 15.0. The van der Waals surface area contributed by atoms with E-state index in [9.17, 15) is 0 Å². The molecule has 3 nitrogen and oxygen atoms in total. The molecule has 4 rings (SSSR count). The first-order chi connectivity index (χ1) is 10.2. The van der Waals surface area contributed by atoms with Gasteiger partial charge >= 0.3 is 0 Å². The predicted molar refractivity (Wildman–Crippen MR) is 81.9 cm³/mol. The maximum absolute atomic E-state index is 8.94. The van der Waals surface area contributed by atoms with Crippen LogP contribution in [0.2, 0.25) is 0 Å². The highest BCUT2D eigenvalue weighted by Gasteiger charge is 2.24. The predicted octanol–water partition coefficient (Wildman–Crippen LogP) is 3.12. The molecule has 0 bridgehead atoms. The highest BCUT2D eigenvalue weighted by molar-refractivity contribution is 5.91. The molecular formula is C17H15N3. The molecule has 0 radical (unpaired) electrons. The average Bonchev–Trinajstić information content (AvgIpc) is 2.88. The van der Waals surface area contributed by atoms with Crippen LogP contribution in [0.25, 0.3) is 17.0 Å². The first-order valence-corrected chi connectivity index (χ1v) is 6.60. The lowest BCUT2D eigenvalue weighted by molar-refractivity contribution is 0.663. The van der Waals surface area contributed by atoms with Gasteiger partial charge in [-0.3, -0.25) is 0 Å². The quantitative estimate of drug-likeness (QED) is 0.631. The van der Waals surface area contributed by atoms with Crippen molar-refractivity contribution >= 4 is 17.0 Å². The molecule has 2 heterocycles. The van der Waals surface area contributed by atoms with Crippen molar-refractivity contribution in [1.29, 1.82) is 0 Å². The smallest absolute Gasteiger partial charge is 0.0975 e. The molecular weight excluding hydrogens is 246 g/mol. The van der Waals surface area contributed by atoms with Crippen LogP contribution in [-0.2, 0) is 0 Å². The van der Waals surface area contributed by atoms with Crippen LogP contribution in [0.15, 0.2) is 60.4 Å². The van der Waals surface area contributed by atoms with Gasteiger partial charge < -0.3 is 16.0 Å². The molecule has 1 aromatic heterocycles. The zero-order chi connectivity index (χ0) is 14.4. The Balaban J connectivity index is 2.04. The van der Waals surface area contributed by atoms with E-state index in [0.29, 0.717) is 5.82 Å². The van der Waals surface area contributed by atoms with Gasteiger partial charge in [-0.2, -0.15) is 0 Å². The summed E-state index contributed by atoms with van der Waals surface area (Å²) in [6.45, 7) is 0. The maximum atomic E-state index is 8.94. The van der Waals surface area contributed by atoms with Gasteiger partial charge in [0.2, 0.25) is 0 Å². The number of nitrogens with two attached hydrogens (primary N) is 1.